The van der Waals surface area contributed by atoms with E-state index >= 15 is 0 Å². The van der Waals surface area contributed by atoms with Gasteiger partial charge in [-0.3, -0.25) is 9.69 Å². The number of rotatable bonds is 12. The average molecular weight is 463 g/mol. The number of hydrogen-bond donors (Lipinski definition) is 1. The Morgan fingerprint density at radius 1 is 0.571 bits per heavy atom. The van der Waals surface area contributed by atoms with Crippen LogP contribution in [0.15, 0.2) is 121 Å². The zero-order valence-electron chi connectivity index (χ0n) is 20.2. The Bertz CT molecular complexity index is 1110. The molecule has 0 fully saturated rings. The number of ketones is 1. The number of nitrogens with two attached hydrogens (primary N) is 1. The molecule has 4 aromatic rings. The lowest BCUT2D eigenvalue weighted by atomic mass is 9.93. The van der Waals surface area contributed by atoms with Crippen LogP contribution in [0.4, 0.5) is 0 Å². The van der Waals surface area contributed by atoms with Crippen molar-refractivity contribution in [3.05, 3.63) is 144 Å². The quantitative estimate of drug-likeness (QED) is 0.288. The highest BCUT2D eigenvalue weighted by molar-refractivity contribution is 5.85. The largest absolute Gasteiger partial charge is 0.327 e. The zero-order valence-corrected chi connectivity index (χ0v) is 20.2. The van der Waals surface area contributed by atoms with Crippen molar-refractivity contribution in [2.45, 2.75) is 44.4 Å². The van der Waals surface area contributed by atoms with E-state index in [0.29, 0.717) is 32.4 Å². The molecule has 2 atom stereocenters. The molecule has 0 saturated carbocycles. The van der Waals surface area contributed by atoms with E-state index in [1.165, 1.54) is 11.1 Å². The summed E-state index contributed by atoms with van der Waals surface area (Å²) in [5.74, 6) is 0.198. The first-order chi connectivity index (χ1) is 17.2. The van der Waals surface area contributed by atoms with Crippen LogP contribution in [0.3, 0.4) is 0 Å². The lowest BCUT2D eigenvalue weighted by Crippen LogP contribution is -2.44. The van der Waals surface area contributed by atoms with Crippen molar-refractivity contribution in [1.29, 1.82) is 0 Å². The molecule has 0 aliphatic carbocycles. The Balaban J connectivity index is 1.59. The number of hydrogen-bond acceptors (Lipinski definition) is 3. The SMILES string of the molecule is N[C@H](CC(=O)[C@H](Cc1ccccc1)N(Cc1ccccc1)Cc1ccccc1)Cc1ccccc1. The highest BCUT2D eigenvalue weighted by Crippen LogP contribution is 2.20. The summed E-state index contributed by atoms with van der Waals surface area (Å²) in [4.78, 5) is 16.2. The van der Waals surface area contributed by atoms with Crippen molar-refractivity contribution < 1.29 is 4.79 Å². The van der Waals surface area contributed by atoms with Crippen molar-refractivity contribution in [2.75, 3.05) is 0 Å². The highest BCUT2D eigenvalue weighted by Gasteiger charge is 2.28. The van der Waals surface area contributed by atoms with Crippen LogP contribution in [0.5, 0.6) is 0 Å². The summed E-state index contributed by atoms with van der Waals surface area (Å²) in [6.07, 6.45) is 1.71. The third-order valence-corrected chi connectivity index (χ3v) is 6.35. The molecule has 0 radical (unpaired) electrons. The molecule has 0 spiro atoms. The zero-order chi connectivity index (χ0) is 24.3. The predicted octanol–water partition coefficient (Wildman–Crippen LogP) is 5.83. The Hall–Kier alpha value is -3.53. The van der Waals surface area contributed by atoms with Crippen LogP contribution in [0.25, 0.3) is 0 Å². The molecule has 35 heavy (non-hydrogen) atoms. The summed E-state index contributed by atoms with van der Waals surface area (Å²) in [5.41, 5.74) is 11.2. The van der Waals surface area contributed by atoms with Crippen LogP contribution in [-0.4, -0.2) is 22.8 Å². The molecular weight excluding hydrogens is 428 g/mol. The minimum absolute atomic E-state index is 0.198. The Labute approximate surface area is 209 Å². The molecule has 3 nitrogen and oxygen atoms in total. The fraction of sp³-hybridized carbons (Fsp3) is 0.219. The van der Waals surface area contributed by atoms with E-state index in [0.717, 1.165) is 11.1 Å². The number of Topliss-reactive ketones (excluding diaryl/α,β-unsaturated/α-hetero) is 1. The molecule has 0 bridgehead atoms. The van der Waals surface area contributed by atoms with Gasteiger partial charge >= 0.3 is 0 Å². The fourth-order valence-electron chi connectivity index (χ4n) is 4.58. The molecular formula is C32H34N2O. The Kier molecular flexibility index (Phi) is 8.99. The van der Waals surface area contributed by atoms with Gasteiger partial charge in [0.1, 0.15) is 0 Å². The first-order valence-corrected chi connectivity index (χ1v) is 12.4. The standard InChI is InChI=1S/C32H34N2O/c33-30(21-26-13-5-1-6-14-26)23-32(35)31(22-27-15-7-2-8-16-27)34(24-28-17-9-3-10-18-28)25-29-19-11-4-12-20-29/h1-20,30-31H,21-25,33H2/t30-,31-/m0/s1. The average Bonchev–Trinajstić information content (AvgIpc) is 2.89. The van der Waals surface area contributed by atoms with E-state index in [-0.39, 0.29) is 17.9 Å². The third-order valence-electron chi connectivity index (χ3n) is 6.35. The van der Waals surface area contributed by atoms with Gasteiger partial charge in [0.2, 0.25) is 0 Å². The van der Waals surface area contributed by atoms with E-state index in [4.69, 9.17) is 5.73 Å². The molecule has 4 aromatic carbocycles. The van der Waals surface area contributed by atoms with Gasteiger partial charge in [0.05, 0.1) is 6.04 Å². The maximum absolute atomic E-state index is 13.8. The number of benzene rings is 4. The van der Waals surface area contributed by atoms with Crippen LogP contribution in [0.1, 0.15) is 28.7 Å². The maximum Gasteiger partial charge on any atom is 0.151 e. The summed E-state index contributed by atoms with van der Waals surface area (Å²) in [6.45, 7) is 1.40. The Morgan fingerprint density at radius 3 is 1.37 bits per heavy atom. The van der Waals surface area contributed by atoms with E-state index in [1.807, 2.05) is 48.5 Å². The second-order valence-electron chi connectivity index (χ2n) is 9.20. The second-order valence-corrected chi connectivity index (χ2v) is 9.20. The molecule has 0 aliphatic rings. The molecule has 3 heteroatoms. The van der Waals surface area contributed by atoms with Gasteiger partial charge in [-0.2, -0.15) is 0 Å². The summed E-state index contributed by atoms with van der Waals surface area (Å²) >= 11 is 0. The molecule has 178 valence electrons. The number of nitrogens with zero attached hydrogens (tertiary/aromatic N) is 1. The van der Waals surface area contributed by atoms with Gasteiger partial charge in [-0.15, -0.1) is 0 Å². The lowest BCUT2D eigenvalue weighted by Gasteiger charge is -2.32. The second kappa shape index (κ2) is 12.8. The van der Waals surface area contributed by atoms with E-state index in [9.17, 15) is 4.79 Å². The van der Waals surface area contributed by atoms with Crippen LogP contribution in [0, 0.1) is 0 Å². The Morgan fingerprint density at radius 2 is 0.943 bits per heavy atom. The minimum Gasteiger partial charge on any atom is -0.327 e. The third kappa shape index (κ3) is 7.74. The molecule has 4 rings (SSSR count). The summed E-state index contributed by atoms with van der Waals surface area (Å²) in [5, 5.41) is 0. The summed E-state index contributed by atoms with van der Waals surface area (Å²) in [7, 11) is 0. The molecule has 2 N–H and O–H groups in total. The van der Waals surface area contributed by atoms with Gasteiger partial charge < -0.3 is 5.73 Å². The highest BCUT2D eigenvalue weighted by atomic mass is 16.1. The van der Waals surface area contributed by atoms with E-state index in [1.54, 1.807) is 0 Å². The van der Waals surface area contributed by atoms with E-state index in [2.05, 4.69) is 77.7 Å². The predicted molar refractivity (Wildman–Crippen MR) is 144 cm³/mol. The molecule has 0 aliphatic heterocycles. The summed E-state index contributed by atoms with van der Waals surface area (Å²) in [6, 6.07) is 40.8. The first-order valence-electron chi connectivity index (χ1n) is 12.4. The van der Waals surface area contributed by atoms with Crippen LogP contribution < -0.4 is 5.73 Å². The van der Waals surface area contributed by atoms with Gasteiger partial charge in [-0.25, -0.2) is 0 Å². The molecule has 0 heterocycles. The lowest BCUT2D eigenvalue weighted by molar-refractivity contribution is -0.125. The maximum atomic E-state index is 13.8. The molecule has 0 unspecified atom stereocenters. The smallest absolute Gasteiger partial charge is 0.151 e. The van der Waals surface area contributed by atoms with Crippen LogP contribution >= 0.6 is 0 Å². The van der Waals surface area contributed by atoms with Crippen molar-refractivity contribution in [3.63, 3.8) is 0 Å². The topological polar surface area (TPSA) is 46.3 Å². The molecule has 0 amide bonds. The number of carbonyl (C=O) groups is 1. The van der Waals surface area contributed by atoms with Crippen LogP contribution in [0.2, 0.25) is 0 Å². The monoisotopic (exact) mass is 462 g/mol. The van der Waals surface area contributed by atoms with E-state index < -0.39 is 0 Å². The normalized spacial score (nSPS) is 12.9. The molecule has 0 aromatic heterocycles. The van der Waals surface area contributed by atoms with Crippen molar-refractivity contribution >= 4 is 5.78 Å². The number of carbonyl (C=O) groups excluding carboxylic acids is 1. The van der Waals surface area contributed by atoms with Crippen molar-refractivity contribution in [2.24, 2.45) is 5.73 Å². The van der Waals surface area contributed by atoms with Gasteiger partial charge in [0.15, 0.2) is 5.78 Å². The first kappa shape index (κ1) is 24.6. The van der Waals surface area contributed by atoms with Crippen molar-refractivity contribution in [3.8, 4) is 0 Å². The van der Waals surface area contributed by atoms with Gasteiger partial charge in [-0.1, -0.05) is 121 Å². The minimum atomic E-state index is -0.264. The van der Waals surface area contributed by atoms with Crippen molar-refractivity contribution in [1.82, 2.24) is 4.90 Å². The summed E-state index contributed by atoms with van der Waals surface area (Å²) < 4.78 is 0. The van der Waals surface area contributed by atoms with Crippen LogP contribution in [-0.2, 0) is 30.7 Å². The molecule has 0 saturated heterocycles. The van der Waals surface area contributed by atoms with Gasteiger partial charge in [0.25, 0.3) is 0 Å². The van der Waals surface area contributed by atoms with Gasteiger partial charge in [0, 0.05) is 25.6 Å². The fourth-order valence-corrected chi connectivity index (χ4v) is 4.58. The van der Waals surface area contributed by atoms with Gasteiger partial charge in [-0.05, 0) is 35.1 Å².